The Morgan fingerprint density at radius 3 is 1.15 bits per heavy atom. The minimum atomic E-state index is -1.98. The maximum atomic E-state index is 5.85. The fraction of sp³-hybridized carbons (Fsp3) is 0.818. The van der Waals surface area contributed by atoms with E-state index in [4.69, 9.17) is 6.42 Å². The van der Waals surface area contributed by atoms with E-state index in [0.717, 1.165) is 0 Å². The van der Waals surface area contributed by atoms with Crippen LogP contribution >= 0.6 is 27.5 Å². The highest BCUT2D eigenvalue weighted by Crippen LogP contribution is 2.84. The van der Waals surface area contributed by atoms with E-state index in [0.29, 0.717) is 15.7 Å². The van der Waals surface area contributed by atoms with Crippen LogP contribution in [0.1, 0.15) is 41.5 Å². The molecule has 0 spiro atoms. The smallest absolute Gasteiger partial charge is 0.0136 e. The SMILES string of the molecule is C#C[SH](I)(C(C)C)(C(C)C)C(C)C. The maximum absolute atomic E-state index is 5.85. The first-order chi connectivity index (χ1) is 5.71. The first kappa shape index (κ1) is 13.6. The lowest BCUT2D eigenvalue weighted by Gasteiger charge is -2.62. The maximum Gasteiger partial charge on any atom is -0.0136 e. The van der Waals surface area contributed by atoms with Crippen LogP contribution < -0.4 is 0 Å². The van der Waals surface area contributed by atoms with Gasteiger partial charge in [0.1, 0.15) is 0 Å². The Balaban J connectivity index is 5.51. The number of hydrogen-bond donors (Lipinski definition) is 1. The summed E-state index contributed by atoms with van der Waals surface area (Å²) >= 11 is 2.64. The van der Waals surface area contributed by atoms with Crippen molar-refractivity contribution in [2.45, 2.75) is 57.3 Å². The predicted octanol–water partition coefficient (Wildman–Crippen LogP) is 4.22. The van der Waals surface area contributed by atoms with Gasteiger partial charge in [-0.25, -0.2) is 0 Å². The topological polar surface area (TPSA) is 0 Å². The fourth-order valence-electron chi connectivity index (χ4n) is 2.24. The number of terminal acetylenes is 1. The second kappa shape index (κ2) is 4.02. The van der Waals surface area contributed by atoms with Crippen molar-refractivity contribution in [2.24, 2.45) is 0 Å². The molecule has 0 unspecified atom stereocenters. The standard InChI is InChI=1S/C11H23IS/c1-8-13(12,9(2)3,10(4)5)11(6)7/h1,9-11,13H,2-7H3. The molecule has 0 aliphatic rings. The van der Waals surface area contributed by atoms with Crippen molar-refractivity contribution in [2.75, 3.05) is 0 Å². The molecule has 0 aliphatic carbocycles. The second-order valence-corrected chi connectivity index (χ2v) is 16.9. The van der Waals surface area contributed by atoms with Gasteiger partial charge in [0.15, 0.2) is 0 Å². The van der Waals surface area contributed by atoms with Crippen molar-refractivity contribution >= 4 is 27.5 Å². The second-order valence-electron chi connectivity index (χ2n) is 4.62. The molecule has 0 saturated carbocycles. The Labute approximate surface area is 96.1 Å². The molecule has 0 radical (unpaired) electrons. The predicted molar refractivity (Wildman–Crippen MR) is 77.2 cm³/mol. The van der Waals surface area contributed by atoms with Crippen molar-refractivity contribution in [1.29, 1.82) is 0 Å². The van der Waals surface area contributed by atoms with Crippen LogP contribution in [0.25, 0.3) is 0 Å². The number of halogens is 1. The minimum absolute atomic E-state index is 0.622. The highest BCUT2D eigenvalue weighted by molar-refractivity contribution is 14.2. The molecule has 0 aliphatic heterocycles. The van der Waals surface area contributed by atoms with E-state index in [1.165, 1.54) is 0 Å². The molecule has 0 nitrogen and oxygen atoms in total. The Bertz CT molecular complexity index is 198. The van der Waals surface area contributed by atoms with Gasteiger partial charge in [-0.3, -0.25) is 0 Å². The first-order valence-electron chi connectivity index (χ1n) is 4.92. The van der Waals surface area contributed by atoms with Gasteiger partial charge < -0.3 is 0 Å². The third kappa shape index (κ3) is 1.74. The number of thiol groups is 1. The van der Waals surface area contributed by atoms with Crippen LogP contribution in [0.2, 0.25) is 0 Å². The van der Waals surface area contributed by atoms with Crippen LogP contribution in [0.5, 0.6) is 0 Å². The summed E-state index contributed by atoms with van der Waals surface area (Å²) in [6, 6.07) is 0. The molecule has 0 fully saturated rings. The van der Waals surface area contributed by atoms with Crippen LogP contribution in [0.3, 0.4) is 0 Å². The van der Waals surface area contributed by atoms with Gasteiger partial charge >= 0.3 is 0 Å². The summed E-state index contributed by atoms with van der Waals surface area (Å²) in [6.07, 6.45) is 3.86. The fourth-order valence-corrected chi connectivity index (χ4v) is 6.71. The molecule has 0 bridgehead atoms. The number of rotatable bonds is 3. The van der Waals surface area contributed by atoms with Crippen molar-refractivity contribution in [3.63, 3.8) is 0 Å². The molecule has 0 aromatic heterocycles. The average Bonchev–Trinajstić information content (AvgIpc) is 2.01. The quantitative estimate of drug-likeness (QED) is 0.450. The normalized spacial score (nSPS) is 15.9. The number of hydrogen-bond acceptors (Lipinski definition) is 0. The first-order valence-corrected chi connectivity index (χ1v) is 10.1. The van der Waals surface area contributed by atoms with Crippen molar-refractivity contribution in [3.05, 3.63) is 0 Å². The molecule has 2 heteroatoms. The molecule has 0 N–H and O–H groups in total. The van der Waals surface area contributed by atoms with Gasteiger partial charge in [0.25, 0.3) is 0 Å². The van der Waals surface area contributed by atoms with Crippen LogP contribution in [-0.2, 0) is 0 Å². The van der Waals surface area contributed by atoms with Crippen molar-refractivity contribution < 1.29 is 0 Å². The lowest BCUT2D eigenvalue weighted by Crippen LogP contribution is -2.35. The summed E-state index contributed by atoms with van der Waals surface area (Å²) in [5.41, 5.74) is 0. The molecular formula is C11H23IS. The average molecular weight is 314 g/mol. The van der Waals surface area contributed by atoms with E-state index in [9.17, 15) is 0 Å². The van der Waals surface area contributed by atoms with Gasteiger partial charge in [-0.05, 0) is 37.0 Å². The Kier molecular flexibility index (Phi) is 4.22. The van der Waals surface area contributed by atoms with Crippen LogP contribution in [0.4, 0.5) is 0 Å². The molecular weight excluding hydrogens is 291 g/mol. The van der Waals surface area contributed by atoms with Crippen molar-refractivity contribution in [3.8, 4) is 11.7 Å². The van der Waals surface area contributed by atoms with E-state index in [-0.39, 0.29) is 0 Å². The molecule has 0 rings (SSSR count). The summed E-state index contributed by atoms with van der Waals surface area (Å²) in [4.78, 5) is 0. The van der Waals surface area contributed by atoms with Gasteiger partial charge in [-0.15, -0.1) is 6.42 Å². The largest absolute Gasteiger partial charge is 0.186 e. The molecule has 0 saturated heterocycles. The Hall–Kier alpha value is 0.640. The molecule has 0 atom stereocenters. The highest BCUT2D eigenvalue weighted by atomic mass is 127. The summed E-state index contributed by atoms with van der Waals surface area (Å²) in [7, 11) is 0. The lowest BCUT2D eigenvalue weighted by molar-refractivity contribution is 0.956. The van der Waals surface area contributed by atoms with Gasteiger partial charge in [0.2, 0.25) is 0 Å². The highest BCUT2D eigenvalue weighted by Gasteiger charge is 2.45. The van der Waals surface area contributed by atoms with E-state index in [1.54, 1.807) is 0 Å². The minimum Gasteiger partial charge on any atom is -0.186 e. The Morgan fingerprint density at radius 1 is 0.923 bits per heavy atom. The van der Waals surface area contributed by atoms with E-state index in [2.05, 4.69) is 68.0 Å². The summed E-state index contributed by atoms with van der Waals surface area (Å²) in [6.45, 7) is 13.7. The van der Waals surface area contributed by atoms with Gasteiger partial charge in [0, 0.05) is 0 Å². The molecule has 0 aromatic rings. The molecule has 80 valence electrons. The zero-order chi connectivity index (χ0) is 10.9. The molecule has 0 aromatic carbocycles. The summed E-state index contributed by atoms with van der Waals surface area (Å²) in [5, 5.41) is 5.07. The van der Waals surface area contributed by atoms with Crippen LogP contribution in [0.15, 0.2) is 0 Å². The molecule has 0 heterocycles. The third-order valence-corrected chi connectivity index (χ3v) is 21.1. The van der Waals surface area contributed by atoms with E-state index in [1.807, 2.05) is 0 Å². The van der Waals surface area contributed by atoms with Crippen LogP contribution in [0, 0.1) is 11.7 Å². The van der Waals surface area contributed by atoms with Gasteiger partial charge in [0.05, 0.1) is 0 Å². The monoisotopic (exact) mass is 314 g/mol. The third-order valence-electron chi connectivity index (χ3n) is 3.42. The zero-order valence-corrected chi connectivity index (χ0v) is 12.7. The molecule has 13 heavy (non-hydrogen) atoms. The van der Waals surface area contributed by atoms with Gasteiger partial charge in [-0.2, -0.15) is 6.33 Å². The summed E-state index contributed by atoms with van der Waals surface area (Å²) < 4.78 is 0. The zero-order valence-electron chi connectivity index (χ0n) is 9.63. The van der Waals surface area contributed by atoms with Crippen LogP contribution in [-0.4, -0.2) is 15.7 Å². The Morgan fingerprint density at radius 2 is 1.15 bits per heavy atom. The van der Waals surface area contributed by atoms with Crippen molar-refractivity contribution in [1.82, 2.24) is 0 Å². The van der Waals surface area contributed by atoms with E-state index < -0.39 is 6.33 Å². The lowest BCUT2D eigenvalue weighted by atomic mass is 10.5. The van der Waals surface area contributed by atoms with Gasteiger partial charge in [-0.1, -0.05) is 46.8 Å². The van der Waals surface area contributed by atoms with E-state index >= 15 is 0 Å². The molecule has 0 amide bonds. The summed E-state index contributed by atoms with van der Waals surface area (Å²) in [5.74, 6) is 0.